The van der Waals surface area contributed by atoms with Crippen molar-refractivity contribution < 1.29 is 4.79 Å². The van der Waals surface area contributed by atoms with Crippen LogP contribution in [0.25, 0.3) is 11.5 Å². The van der Waals surface area contributed by atoms with Gasteiger partial charge in [0.15, 0.2) is 11.6 Å². The van der Waals surface area contributed by atoms with Gasteiger partial charge < -0.3 is 15.6 Å². The Balaban J connectivity index is 0.00000162. The third-order valence-electron chi connectivity index (χ3n) is 2.30. The van der Waals surface area contributed by atoms with Gasteiger partial charge in [-0.2, -0.15) is 5.10 Å². The number of hydrogen-bond acceptors (Lipinski definition) is 4. The van der Waals surface area contributed by atoms with E-state index in [1.165, 1.54) is 0 Å². The molecule has 0 bridgehead atoms. The Kier molecular flexibility index (Phi) is 4.46. The fourth-order valence-corrected chi connectivity index (χ4v) is 1.37. The van der Waals surface area contributed by atoms with Gasteiger partial charge >= 0.3 is 0 Å². The van der Waals surface area contributed by atoms with Gasteiger partial charge in [-0.25, -0.2) is 4.98 Å². The molecule has 0 aliphatic rings. The van der Waals surface area contributed by atoms with Gasteiger partial charge in [0.2, 0.25) is 5.91 Å². The van der Waals surface area contributed by atoms with Crippen LogP contribution in [0.3, 0.4) is 0 Å². The first kappa shape index (κ1) is 14.2. The van der Waals surface area contributed by atoms with Gasteiger partial charge in [-0.15, -0.1) is 12.4 Å². The number of aromatic amines is 1. The molecule has 0 saturated heterocycles. The van der Waals surface area contributed by atoms with Gasteiger partial charge in [0.05, 0.1) is 6.04 Å². The minimum atomic E-state index is -0.566. The van der Waals surface area contributed by atoms with Gasteiger partial charge in [0.1, 0.15) is 5.69 Å². The summed E-state index contributed by atoms with van der Waals surface area (Å²) in [6.07, 6.45) is 3.52. The largest absolute Gasteiger partial charge is 0.333 e. The molecule has 0 aliphatic carbocycles. The van der Waals surface area contributed by atoms with Crippen LogP contribution in [-0.4, -0.2) is 31.7 Å². The van der Waals surface area contributed by atoms with Crippen molar-refractivity contribution in [3.8, 4) is 11.5 Å². The van der Waals surface area contributed by atoms with E-state index in [0.29, 0.717) is 5.82 Å². The number of nitrogens with zero attached hydrogens (tertiary/aromatic N) is 3. The van der Waals surface area contributed by atoms with E-state index in [4.69, 9.17) is 5.73 Å². The van der Waals surface area contributed by atoms with E-state index in [-0.39, 0.29) is 18.3 Å². The third kappa shape index (κ3) is 2.88. The van der Waals surface area contributed by atoms with Crippen LogP contribution < -0.4 is 11.1 Å². The smallest absolute Gasteiger partial charge is 0.242 e. The van der Waals surface area contributed by atoms with Gasteiger partial charge in [0.25, 0.3) is 0 Å². The number of aromatic nitrogens is 4. The van der Waals surface area contributed by atoms with Crippen molar-refractivity contribution >= 4 is 24.1 Å². The molecule has 2 aromatic heterocycles. The van der Waals surface area contributed by atoms with Crippen molar-refractivity contribution in [2.75, 3.05) is 5.32 Å². The number of H-pyrrole nitrogens is 1. The zero-order valence-electron chi connectivity index (χ0n) is 10.0. The first-order valence-electron chi connectivity index (χ1n) is 5.17. The van der Waals surface area contributed by atoms with E-state index in [9.17, 15) is 4.79 Å². The molecule has 1 amide bonds. The number of imidazole rings is 1. The fourth-order valence-electron chi connectivity index (χ4n) is 1.37. The summed E-state index contributed by atoms with van der Waals surface area (Å²) in [7, 11) is 1.88. The molecule has 4 N–H and O–H groups in total. The molecule has 0 saturated carbocycles. The molecule has 18 heavy (non-hydrogen) atoms. The Morgan fingerprint density at radius 3 is 2.89 bits per heavy atom. The fraction of sp³-hybridized carbons (Fsp3) is 0.300. The lowest BCUT2D eigenvalue weighted by Gasteiger charge is -2.03. The number of aryl methyl sites for hydroxylation is 1. The highest BCUT2D eigenvalue weighted by atomic mass is 35.5. The van der Waals surface area contributed by atoms with Crippen molar-refractivity contribution in [3.05, 3.63) is 18.5 Å². The lowest BCUT2D eigenvalue weighted by atomic mass is 10.3. The molecule has 7 nitrogen and oxygen atoms in total. The van der Waals surface area contributed by atoms with Crippen LogP contribution in [0.5, 0.6) is 0 Å². The zero-order chi connectivity index (χ0) is 12.4. The second kappa shape index (κ2) is 5.65. The van der Waals surface area contributed by atoms with Gasteiger partial charge in [-0.05, 0) is 6.92 Å². The first-order chi connectivity index (χ1) is 8.08. The van der Waals surface area contributed by atoms with Gasteiger partial charge in [-0.3, -0.25) is 9.89 Å². The predicted molar refractivity (Wildman–Crippen MR) is 70.3 cm³/mol. The summed E-state index contributed by atoms with van der Waals surface area (Å²) in [5, 5.41) is 9.37. The molecular weight excluding hydrogens is 256 g/mol. The summed E-state index contributed by atoms with van der Waals surface area (Å²) in [6.45, 7) is 1.61. The van der Waals surface area contributed by atoms with Crippen molar-refractivity contribution in [1.29, 1.82) is 0 Å². The van der Waals surface area contributed by atoms with E-state index in [0.717, 1.165) is 11.5 Å². The van der Waals surface area contributed by atoms with E-state index in [1.807, 2.05) is 17.8 Å². The molecule has 0 radical (unpaired) electrons. The molecule has 1 unspecified atom stereocenters. The molecular formula is C10H15ClN6O. The maximum Gasteiger partial charge on any atom is 0.242 e. The maximum absolute atomic E-state index is 11.4. The third-order valence-corrected chi connectivity index (χ3v) is 2.30. The number of halogens is 1. The van der Waals surface area contributed by atoms with Crippen molar-refractivity contribution in [2.45, 2.75) is 13.0 Å². The van der Waals surface area contributed by atoms with E-state index >= 15 is 0 Å². The molecule has 0 aromatic carbocycles. The SMILES string of the molecule is CC(N)C(=O)Nc1cc(-c2nccn2C)[nH]n1.Cl. The Morgan fingerprint density at radius 1 is 1.61 bits per heavy atom. The van der Waals surface area contributed by atoms with Crippen LogP contribution in [-0.2, 0) is 11.8 Å². The second-order valence-corrected chi connectivity index (χ2v) is 3.81. The molecule has 0 aliphatic heterocycles. The minimum absolute atomic E-state index is 0. The maximum atomic E-state index is 11.4. The average Bonchev–Trinajstić information content (AvgIpc) is 2.86. The zero-order valence-corrected chi connectivity index (χ0v) is 10.9. The van der Waals surface area contributed by atoms with Crippen LogP contribution >= 0.6 is 12.4 Å². The minimum Gasteiger partial charge on any atom is -0.333 e. The Morgan fingerprint density at radius 2 is 2.33 bits per heavy atom. The lowest BCUT2D eigenvalue weighted by Crippen LogP contribution is -2.32. The summed E-state index contributed by atoms with van der Waals surface area (Å²) in [4.78, 5) is 15.5. The molecule has 0 spiro atoms. The topological polar surface area (TPSA) is 102 Å². The predicted octanol–water partition coefficient (Wildman–Crippen LogP) is 0.518. The number of rotatable bonds is 3. The van der Waals surface area contributed by atoms with Crippen molar-refractivity contribution in [2.24, 2.45) is 12.8 Å². The molecule has 2 heterocycles. The monoisotopic (exact) mass is 270 g/mol. The second-order valence-electron chi connectivity index (χ2n) is 3.81. The van der Waals surface area contributed by atoms with Crippen molar-refractivity contribution in [3.63, 3.8) is 0 Å². The summed E-state index contributed by atoms with van der Waals surface area (Å²) in [5.74, 6) is 0.909. The normalized spacial score (nSPS) is 11.7. The number of hydrogen-bond donors (Lipinski definition) is 3. The van der Waals surface area contributed by atoms with Crippen LogP contribution in [0.1, 0.15) is 6.92 Å². The van der Waals surface area contributed by atoms with Crippen molar-refractivity contribution in [1.82, 2.24) is 19.7 Å². The summed E-state index contributed by atoms with van der Waals surface area (Å²) in [5.41, 5.74) is 6.18. The van der Waals surface area contributed by atoms with Gasteiger partial charge in [0, 0.05) is 25.5 Å². The quantitative estimate of drug-likeness (QED) is 0.757. The summed E-state index contributed by atoms with van der Waals surface area (Å²) in [6, 6.07) is 1.14. The Labute approximate surface area is 110 Å². The highest BCUT2D eigenvalue weighted by Crippen LogP contribution is 2.16. The molecule has 8 heteroatoms. The highest BCUT2D eigenvalue weighted by molar-refractivity contribution is 5.93. The van der Waals surface area contributed by atoms with Crippen LogP contribution in [0.2, 0.25) is 0 Å². The number of carbonyl (C=O) groups is 1. The Hall–Kier alpha value is -1.86. The highest BCUT2D eigenvalue weighted by Gasteiger charge is 2.11. The lowest BCUT2D eigenvalue weighted by molar-refractivity contribution is -0.117. The number of amides is 1. The summed E-state index contributed by atoms with van der Waals surface area (Å²) >= 11 is 0. The molecule has 2 rings (SSSR count). The number of anilines is 1. The average molecular weight is 271 g/mol. The van der Waals surface area contributed by atoms with Gasteiger partial charge in [-0.1, -0.05) is 0 Å². The molecule has 2 aromatic rings. The van der Waals surface area contributed by atoms with Crippen LogP contribution in [0, 0.1) is 0 Å². The first-order valence-corrected chi connectivity index (χ1v) is 5.17. The molecule has 98 valence electrons. The molecule has 1 atom stereocenters. The number of nitrogens with one attached hydrogen (secondary N) is 2. The Bertz CT molecular complexity index is 532. The molecule has 0 fully saturated rings. The van der Waals surface area contributed by atoms with Crippen LogP contribution in [0.4, 0.5) is 5.82 Å². The summed E-state index contributed by atoms with van der Waals surface area (Å²) < 4.78 is 1.85. The van der Waals surface area contributed by atoms with Crippen LogP contribution in [0.15, 0.2) is 18.5 Å². The standard InChI is InChI=1S/C10H14N6O.ClH/c1-6(11)10(17)13-8-5-7(14-15-8)9-12-3-4-16(9)2;/h3-6H,11H2,1-2H3,(H2,13,14,15,17);1H. The number of nitrogens with two attached hydrogens (primary N) is 1. The number of carbonyl (C=O) groups excluding carboxylic acids is 1. The van der Waals surface area contributed by atoms with E-state index in [2.05, 4.69) is 20.5 Å². The van der Waals surface area contributed by atoms with E-state index in [1.54, 1.807) is 19.2 Å². The van der Waals surface area contributed by atoms with E-state index < -0.39 is 6.04 Å².